The first-order chi connectivity index (χ1) is 16.1. The number of fused-ring (bicyclic) bond motifs is 2. The Bertz CT molecular complexity index is 1180. The van der Waals surface area contributed by atoms with Crippen molar-refractivity contribution < 1.29 is 19.4 Å². The highest BCUT2D eigenvalue weighted by Gasteiger charge is 2.34. The van der Waals surface area contributed by atoms with Gasteiger partial charge >= 0.3 is 5.97 Å². The number of amidine groups is 1. The molecule has 2 N–H and O–H groups in total. The van der Waals surface area contributed by atoms with Crippen molar-refractivity contribution in [3.8, 4) is 5.75 Å². The third-order valence-electron chi connectivity index (χ3n) is 5.29. The van der Waals surface area contributed by atoms with E-state index in [1.807, 2.05) is 36.4 Å². The summed E-state index contributed by atoms with van der Waals surface area (Å²) in [4.78, 5) is 28.7. The highest BCUT2D eigenvalue weighted by molar-refractivity contribution is 8.13. The molecule has 0 fully saturated rings. The zero-order chi connectivity index (χ0) is 23.2. The van der Waals surface area contributed by atoms with E-state index in [1.54, 1.807) is 28.9 Å². The summed E-state index contributed by atoms with van der Waals surface area (Å²) in [6, 6.07) is 14.6. The second-order valence-corrected chi connectivity index (χ2v) is 8.82. The van der Waals surface area contributed by atoms with Crippen molar-refractivity contribution in [3.05, 3.63) is 64.7 Å². The first-order valence-electron chi connectivity index (χ1n) is 11.0. The normalized spacial score (nSPS) is 16.8. The van der Waals surface area contributed by atoms with Crippen LogP contribution in [0.1, 0.15) is 44.3 Å². The second kappa shape index (κ2) is 10.5. The number of carbonyl (C=O) groups excluding carboxylic acids is 1. The molecule has 4 rings (SSSR count). The maximum absolute atomic E-state index is 13.1. The van der Waals surface area contributed by atoms with Crippen molar-refractivity contribution in [3.63, 3.8) is 0 Å². The van der Waals surface area contributed by atoms with Gasteiger partial charge in [0, 0.05) is 11.0 Å². The molecule has 0 saturated carbocycles. The van der Waals surface area contributed by atoms with Crippen molar-refractivity contribution in [1.82, 2.24) is 10.3 Å². The molecular formula is C24H26N4O4S. The SMILES string of the molecule is CCCCCCSC1=NN2C(=c3ccccc3=NC2c2ccc(OCC(=O)O)cc2)C(=O)N1. The van der Waals surface area contributed by atoms with E-state index in [0.29, 0.717) is 16.6 Å². The molecular weight excluding hydrogens is 440 g/mol. The van der Waals surface area contributed by atoms with Crippen LogP contribution in [0.5, 0.6) is 5.75 Å². The van der Waals surface area contributed by atoms with Crippen molar-refractivity contribution in [1.29, 1.82) is 0 Å². The summed E-state index contributed by atoms with van der Waals surface area (Å²) in [6.07, 6.45) is 4.08. The highest BCUT2D eigenvalue weighted by atomic mass is 32.2. The second-order valence-electron chi connectivity index (χ2n) is 7.73. The number of carboxylic acids is 1. The average Bonchev–Trinajstić information content (AvgIpc) is 2.82. The predicted octanol–water partition coefficient (Wildman–Crippen LogP) is 2.61. The third-order valence-corrected chi connectivity index (χ3v) is 6.24. The standard InChI is InChI=1S/C24H26N4O4S/c1-2-3-4-7-14-33-24-26-23(31)21-18-8-5-6-9-19(18)25-22(28(21)27-24)16-10-12-17(13-11-16)32-15-20(29)30/h5-6,8-13,22H,2-4,7,14-15H2,1H3,(H,29,30)(H,26,27,31). The predicted molar refractivity (Wildman–Crippen MR) is 127 cm³/mol. The number of hydrazone groups is 1. The molecule has 2 aliphatic heterocycles. The molecule has 172 valence electrons. The molecule has 2 aromatic carbocycles. The van der Waals surface area contributed by atoms with Gasteiger partial charge in [0.1, 0.15) is 11.4 Å². The number of para-hydroxylation sites is 1. The fraction of sp³-hybridized carbons (Fsp3) is 0.333. The Hall–Kier alpha value is -3.33. The van der Waals surface area contributed by atoms with Crippen LogP contribution < -0.4 is 20.6 Å². The first kappa shape index (κ1) is 22.8. The molecule has 2 aromatic rings. The molecule has 0 saturated heterocycles. The molecule has 0 aliphatic carbocycles. The van der Waals surface area contributed by atoms with E-state index >= 15 is 0 Å². The fourth-order valence-corrected chi connectivity index (χ4v) is 4.54. The molecule has 0 radical (unpaired) electrons. The number of unbranched alkanes of at least 4 members (excludes halogenated alkanes) is 3. The van der Waals surface area contributed by atoms with Gasteiger partial charge in [0.05, 0.1) is 5.36 Å². The zero-order valence-electron chi connectivity index (χ0n) is 18.4. The number of ether oxygens (including phenoxy) is 1. The minimum Gasteiger partial charge on any atom is -0.482 e. The summed E-state index contributed by atoms with van der Waals surface area (Å²) in [5.41, 5.74) is 1.28. The van der Waals surface area contributed by atoms with Crippen LogP contribution in [0.25, 0.3) is 5.70 Å². The number of nitrogens with one attached hydrogen (secondary N) is 1. The van der Waals surface area contributed by atoms with Crippen molar-refractivity contribution in [2.24, 2.45) is 10.1 Å². The van der Waals surface area contributed by atoms with Gasteiger partial charge in [0.2, 0.25) is 0 Å². The maximum Gasteiger partial charge on any atom is 0.341 e. The molecule has 9 heteroatoms. The number of aliphatic carboxylic acids is 1. The number of carboxylic acid groups (broad SMARTS) is 1. The molecule has 2 aliphatic rings. The van der Waals surface area contributed by atoms with Crippen molar-refractivity contribution in [2.75, 3.05) is 12.4 Å². The Morgan fingerprint density at radius 3 is 2.70 bits per heavy atom. The minimum absolute atomic E-state index is 0.199. The quantitative estimate of drug-likeness (QED) is 0.551. The summed E-state index contributed by atoms with van der Waals surface area (Å²) in [5, 5.41) is 20.2. The molecule has 0 bridgehead atoms. The van der Waals surface area contributed by atoms with Crippen LogP contribution in [0.2, 0.25) is 0 Å². The van der Waals surface area contributed by atoms with Crippen LogP contribution in [-0.2, 0) is 9.59 Å². The molecule has 1 atom stereocenters. The van der Waals surface area contributed by atoms with E-state index in [1.165, 1.54) is 12.8 Å². The maximum atomic E-state index is 13.1. The van der Waals surface area contributed by atoms with Crippen molar-refractivity contribution >= 4 is 34.5 Å². The average molecular weight is 467 g/mol. The smallest absolute Gasteiger partial charge is 0.341 e. The lowest BCUT2D eigenvalue weighted by Gasteiger charge is -2.34. The van der Waals surface area contributed by atoms with E-state index in [4.69, 9.17) is 19.9 Å². The lowest BCUT2D eigenvalue weighted by Crippen LogP contribution is -2.50. The number of nitrogens with zero attached hydrogens (tertiary/aromatic N) is 3. The van der Waals surface area contributed by atoms with Crippen LogP contribution >= 0.6 is 11.8 Å². The lowest BCUT2D eigenvalue weighted by molar-refractivity contribution is -0.139. The van der Waals surface area contributed by atoms with Gasteiger partial charge in [-0.3, -0.25) is 15.1 Å². The van der Waals surface area contributed by atoms with Gasteiger partial charge in [-0.05, 0) is 30.2 Å². The number of rotatable bonds is 9. The van der Waals surface area contributed by atoms with E-state index in [-0.39, 0.29) is 5.91 Å². The Morgan fingerprint density at radius 2 is 1.94 bits per heavy atom. The minimum atomic E-state index is -1.04. The fourth-order valence-electron chi connectivity index (χ4n) is 3.69. The molecule has 0 spiro atoms. The number of amides is 1. The van der Waals surface area contributed by atoms with Gasteiger partial charge in [-0.15, -0.1) is 5.10 Å². The Kier molecular flexibility index (Phi) is 7.29. The zero-order valence-corrected chi connectivity index (χ0v) is 19.2. The van der Waals surface area contributed by atoms with Crippen LogP contribution in [0, 0.1) is 0 Å². The highest BCUT2D eigenvalue weighted by Crippen LogP contribution is 2.31. The molecule has 33 heavy (non-hydrogen) atoms. The number of thioether (sulfide) groups is 1. The van der Waals surface area contributed by atoms with Gasteiger partial charge in [-0.25, -0.2) is 9.80 Å². The van der Waals surface area contributed by atoms with Crippen LogP contribution in [0.4, 0.5) is 0 Å². The monoisotopic (exact) mass is 466 g/mol. The topological polar surface area (TPSA) is 104 Å². The summed E-state index contributed by atoms with van der Waals surface area (Å²) >= 11 is 1.54. The third kappa shape index (κ3) is 5.36. The van der Waals surface area contributed by atoms with Gasteiger partial charge in [0.15, 0.2) is 17.9 Å². The molecule has 2 heterocycles. The summed E-state index contributed by atoms with van der Waals surface area (Å²) in [7, 11) is 0. The molecule has 1 amide bonds. The Labute approximate surface area is 196 Å². The van der Waals surface area contributed by atoms with E-state index in [2.05, 4.69) is 12.2 Å². The van der Waals surface area contributed by atoms with E-state index in [0.717, 1.165) is 34.7 Å². The van der Waals surface area contributed by atoms with Gasteiger partial charge in [0.25, 0.3) is 5.91 Å². The summed E-state index contributed by atoms with van der Waals surface area (Å²) in [6.45, 7) is 1.77. The molecule has 1 unspecified atom stereocenters. The van der Waals surface area contributed by atoms with E-state index in [9.17, 15) is 9.59 Å². The Balaban J connectivity index is 1.64. The van der Waals surface area contributed by atoms with Gasteiger partial charge < -0.3 is 9.84 Å². The largest absolute Gasteiger partial charge is 0.482 e. The molecule has 0 aromatic heterocycles. The van der Waals surface area contributed by atoms with Crippen LogP contribution in [0.15, 0.2) is 58.6 Å². The molecule has 8 nitrogen and oxygen atoms in total. The number of carbonyl (C=O) groups is 2. The van der Waals surface area contributed by atoms with Crippen LogP contribution in [-0.4, -0.2) is 39.5 Å². The van der Waals surface area contributed by atoms with Crippen LogP contribution in [0.3, 0.4) is 0 Å². The number of benzene rings is 2. The first-order valence-corrected chi connectivity index (χ1v) is 12.0. The van der Waals surface area contributed by atoms with Gasteiger partial charge in [-0.2, -0.15) is 0 Å². The number of hydrogen-bond acceptors (Lipinski definition) is 7. The Morgan fingerprint density at radius 1 is 1.15 bits per heavy atom. The van der Waals surface area contributed by atoms with E-state index < -0.39 is 18.7 Å². The van der Waals surface area contributed by atoms with Gasteiger partial charge in [-0.1, -0.05) is 68.3 Å². The van der Waals surface area contributed by atoms with Crippen molar-refractivity contribution in [2.45, 2.75) is 38.8 Å². The summed E-state index contributed by atoms with van der Waals surface area (Å²) in [5.74, 6) is 0.0984. The summed E-state index contributed by atoms with van der Waals surface area (Å²) < 4.78 is 5.23. The lowest BCUT2D eigenvalue weighted by atomic mass is 10.1. The number of hydrogen-bond donors (Lipinski definition) is 2.